The lowest BCUT2D eigenvalue weighted by atomic mass is 10.1. The molecule has 7 heteroatoms. The lowest BCUT2D eigenvalue weighted by Gasteiger charge is -2.31. The first-order valence-corrected chi connectivity index (χ1v) is 8.66. The normalized spacial score (nSPS) is 16.4. The molecule has 0 atom stereocenters. The van der Waals surface area contributed by atoms with E-state index >= 15 is 0 Å². The number of nitrogens with one attached hydrogen (secondary N) is 1. The largest absolute Gasteiger partial charge is 0.496 e. The van der Waals surface area contributed by atoms with Crippen LogP contribution in [0.3, 0.4) is 0 Å². The maximum atomic E-state index is 12.9. The Bertz CT molecular complexity index is 613. The molecule has 0 spiro atoms. The van der Waals surface area contributed by atoms with Crippen LogP contribution in [0.5, 0.6) is 5.75 Å². The predicted octanol–water partition coefficient (Wildman–Crippen LogP) is 2.11. The molecule has 126 valence electrons. The molecular weight excluding hydrogens is 324 g/mol. The van der Waals surface area contributed by atoms with Crippen molar-refractivity contribution in [1.82, 2.24) is 9.62 Å². The quantitative estimate of drug-likeness (QED) is 0.905. The van der Waals surface area contributed by atoms with Crippen molar-refractivity contribution in [2.75, 3.05) is 27.2 Å². The number of benzene rings is 1. The van der Waals surface area contributed by atoms with Gasteiger partial charge in [-0.25, -0.2) is 8.42 Å². The number of methoxy groups -OCH3 is 1. The Morgan fingerprint density at radius 2 is 1.77 bits per heavy atom. The van der Waals surface area contributed by atoms with Crippen molar-refractivity contribution in [2.45, 2.75) is 37.6 Å². The molecular formula is C15H25ClN2O3S. The zero-order chi connectivity index (χ0) is 15.6. The summed E-state index contributed by atoms with van der Waals surface area (Å²) in [6.07, 6.45) is 1.70. The summed E-state index contributed by atoms with van der Waals surface area (Å²) in [6, 6.07) is 3.57. The van der Waals surface area contributed by atoms with Gasteiger partial charge in [-0.15, -0.1) is 12.4 Å². The summed E-state index contributed by atoms with van der Waals surface area (Å²) < 4.78 is 32.5. The number of rotatable bonds is 4. The molecule has 0 radical (unpaired) electrons. The molecule has 1 N–H and O–H groups in total. The molecule has 1 aliphatic heterocycles. The Kier molecular flexibility index (Phi) is 6.67. The van der Waals surface area contributed by atoms with Gasteiger partial charge in [0.25, 0.3) is 0 Å². The van der Waals surface area contributed by atoms with Gasteiger partial charge in [-0.2, -0.15) is 4.31 Å². The van der Waals surface area contributed by atoms with E-state index in [1.807, 2.05) is 13.8 Å². The van der Waals surface area contributed by atoms with Crippen LogP contribution in [0.15, 0.2) is 17.0 Å². The molecule has 0 bridgehead atoms. The molecule has 2 rings (SSSR count). The monoisotopic (exact) mass is 348 g/mol. The van der Waals surface area contributed by atoms with Crippen LogP contribution in [-0.2, 0) is 10.0 Å². The number of piperidine rings is 1. The number of hydrogen-bond donors (Lipinski definition) is 1. The third-order valence-corrected chi connectivity index (χ3v) is 6.22. The summed E-state index contributed by atoms with van der Waals surface area (Å²) in [4.78, 5) is 0.377. The van der Waals surface area contributed by atoms with Crippen LogP contribution < -0.4 is 10.1 Å². The third-order valence-electron chi connectivity index (χ3n) is 4.17. The Morgan fingerprint density at radius 1 is 1.18 bits per heavy atom. The minimum atomic E-state index is -3.47. The van der Waals surface area contributed by atoms with E-state index < -0.39 is 10.0 Å². The van der Waals surface area contributed by atoms with Gasteiger partial charge in [0, 0.05) is 13.1 Å². The van der Waals surface area contributed by atoms with Crippen molar-refractivity contribution >= 4 is 22.4 Å². The second-order valence-electron chi connectivity index (χ2n) is 5.59. The first-order valence-electron chi connectivity index (χ1n) is 7.22. The Hall–Kier alpha value is -0.820. The minimum absolute atomic E-state index is 0. The highest BCUT2D eigenvalue weighted by molar-refractivity contribution is 7.89. The van der Waals surface area contributed by atoms with Gasteiger partial charge in [-0.05, 0) is 63.0 Å². The van der Waals surface area contributed by atoms with Crippen LogP contribution >= 0.6 is 12.4 Å². The Balaban J connectivity index is 0.00000242. The molecule has 0 amide bonds. The third kappa shape index (κ3) is 3.74. The standard InChI is InChI=1S/C15H24N2O3S.ClH/c1-11-10-15(12(2)9-14(11)20-4)21(18,19)17(3)13-5-7-16-8-6-13;/h9-10,13,16H,5-8H2,1-4H3;1H. The summed E-state index contributed by atoms with van der Waals surface area (Å²) in [5.74, 6) is 0.718. The van der Waals surface area contributed by atoms with E-state index in [2.05, 4.69) is 5.32 Å². The second-order valence-corrected chi connectivity index (χ2v) is 7.56. The zero-order valence-corrected chi connectivity index (χ0v) is 15.2. The molecule has 1 saturated heterocycles. The van der Waals surface area contributed by atoms with Gasteiger partial charge >= 0.3 is 0 Å². The lowest BCUT2D eigenvalue weighted by Crippen LogP contribution is -2.44. The van der Waals surface area contributed by atoms with E-state index in [1.165, 1.54) is 4.31 Å². The predicted molar refractivity (Wildman–Crippen MR) is 90.6 cm³/mol. The molecule has 0 saturated carbocycles. The topological polar surface area (TPSA) is 58.6 Å². The highest BCUT2D eigenvalue weighted by Gasteiger charge is 2.30. The summed E-state index contributed by atoms with van der Waals surface area (Å²) in [5.41, 5.74) is 1.55. The first-order chi connectivity index (χ1) is 9.87. The molecule has 0 unspecified atom stereocenters. The van der Waals surface area contributed by atoms with Gasteiger partial charge < -0.3 is 10.1 Å². The molecule has 0 aliphatic carbocycles. The van der Waals surface area contributed by atoms with Gasteiger partial charge in [-0.1, -0.05) is 0 Å². The Morgan fingerprint density at radius 3 is 2.32 bits per heavy atom. The average molecular weight is 349 g/mol. The van der Waals surface area contributed by atoms with Crippen molar-refractivity contribution in [1.29, 1.82) is 0 Å². The lowest BCUT2D eigenvalue weighted by molar-refractivity contribution is 0.296. The van der Waals surface area contributed by atoms with Crippen molar-refractivity contribution < 1.29 is 13.2 Å². The van der Waals surface area contributed by atoms with Gasteiger partial charge in [0.2, 0.25) is 10.0 Å². The van der Waals surface area contributed by atoms with Crippen LogP contribution in [0.4, 0.5) is 0 Å². The molecule has 1 aliphatic rings. The summed E-state index contributed by atoms with van der Waals surface area (Å²) in [5, 5.41) is 3.26. The number of hydrogen-bond acceptors (Lipinski definition) is 4. The maximum Gasteiger partial charge on any atom is 0.243 e. The molecule has 1 heterocycles. The fourth-order valence-corrected chi connectivity index (χ4v) is 4.49. The number of nitrogens with zero attached hydrogens (tertiary/aromatic N) is 1. The van der Waals surface area contributed by atoms with Crippen LogP contribution in [0.2, 0.25) is 0 Å². The number of aryl methyl sites for hydroxylation is 2. The van der Waals surface area contributed by atoms with E-state index in [-0.39, 0.29) is 18.4 Å². The zero-order valence-electron chi connectivity index (χ0n) is 13.5. The van der Waals surface area contributed by atoms with Crippen LogP contribution in [-0.4, -0.2) is 46.0 Å². The van der Waals surface area contributed by atoms with E-state index in [0.29, 0.717) is 4.90 Å². The molecule has 1 aromatic rings. The van der Waals surface area contributed by atoms with Gasteiger partial charge in [0.15, 0.2) is 0 Å². The van der Waals surface area contributed by atoms with Gasteiger partial charge in [0.05, 0.1) is 12.0 Å². The van der Waals surface area contributed by atoms with Crippen molar-refractivity contribution in [3.05, 3.63) is 23.3 Å². The fourth-order valence-electron chi connectivity index (χ4n) is 2.78. The smallest absolute Gasteiger partial charge is 0.243 e. The van der Waals surface area contributed by atoms with Crippen molar-refractivity contribution in [2.24, 2.45) is 0 Å². The fraction of sp³-hybridized carbons (Fsp3) is 0.600. The minimum Gasteiger partial charge on any atom is -0.496 e. The summed E-state index contributed by atoms with van der Waals surface area (Å²) >= 11 is 0. The van der Waals surface area contributed by atoms with Gasteiger partial charge in [-0.3, -0.25) is 0 Å². The van der Waals surface area contributed by atoms with E-state index in [4.69, 9.17) is 4.74 Å². The van der Waals surface area contributed by atoms with Crippen LogP contribution in [0.25, 0.3) is 0 Å². The molecule has 22 heavy (non-hydrogen) atoms. The van der Waals surface area contributed by atoms with E-state index in [1.54, 1.807) is 26.3 Å². The molecule has 5 nitrogen and oxygen atoms in total. The number of ether oxygens (including phenoxy) is 1. The van der Waals surface area contributed by atoms with E-state index in [0.717, 1.165) is 42.8 Å². The molecule has 0 aromatic heterocycles. The van der Waals surface area contributed by atoms with Gasteiger partial charge in [0.1, 0.15) is 5.75 Å². The highest BCUT2D eigenvalue weighted by atomic mass is 35.5. The van der Waals surface area contributed by atoms with E-state index in [9.17, 15) is 8.42 Å². The summed E-state index contributed by atoms with van der Waals surface area (Å²) in [7, 11) is -0.188. The second kappa shape index (κ2) is 7.64. The SMILES string of the molecule is COc1cc(C)c(S(=O)(=O)N(C)C2CCNCC2)cc1C.Cl. The maximum absolute atomic E-state index is 12.9. The van der Waals surface area contributed by atoms with Crippen LogP contribution in [0, 0.1) is 13.8 Å². The highest BCUT2D eigenvalue weighted by Crippen LogP contribution is 2.29. The summed E-state index contributed by atoms with van der Waals surface area (Å²) in [6.45, 7) is 5.41. The molecule has 1 fully saturated rings. The molecule has 1 aromatic carbocycles. The van der Waals surface area contributed by atoms with Crippen molar-refractivity contribution in [3.8, 4) is 5.75 Å². The number of sulfonamides is 1. The van der Waals surface area contributed by atoms with Crippen LogP contribution in [0.1, 0.15) is 24.0 Å². The first kappa shape index (κ1) is 19.2. The average Bonchev–Trinajstić information content (AvgIpc) is 2.49. The Labute approximate surface area is 139 Å². The number of halogens is 1. The van der Waals surface area contributed by atoms with Crippen molar-refractivity contribution in [3.63, 3.8) is 0 Å².